The molecular formula is C31H30N4O4. The monoisotopic (exact) mass is 522 g/mol. The summed E-state index contributed by atoms with van der Waals surface area (Å²) in [7, 11) is 0. The Labute approximate surface area is 226 Å². The van der Waals surface area contributed by atoms with Gasteiger partial charge < -0.3 is 16.2 Å². The maximum absolute atomic E-state index is 13.3. The number of amides is 1. The molecule has 0 radical (unpaired) electrons. The molecule has 0 spiro atoms. The Bertz CT molecular complexity index is 1440. The van der Waals surface area contributed by atoms with Crippen LogP contribution in [0.25, 0.3) is 11.1 Å². The summed E-state index contributed by atoms with van der Waals surface area (Å²) < 4.78 is 0. The van der Waals surface area contributed by atoms with Crippen molar-refractivity contribution in [1.29, 1.82) is 5.41 Å². The number of amidine groups is 1. The van der Waals surface area contributed by atoms with E-state index in [1.54, 1.807) is 42.5 Å². The fourth-order valence-electron chi connectivity index (χ4n) is 4.55. The Morgan fingerprint density at radius 3 is 2.05 bits per heavy atom. The van der Waals surface area contributed by atoms with Crippen LogP contribution in [0.4, 0.5) is 5.69 Å². The van der Waals surface area contributed by atoms with Crippen molar-refractivity contribution in [2.75, 3.05) is 6.61 Å². The molecule has 4 aromatic carbocycles. The Morgan fingerprint density at radius 2 is 1.46 bits per heavy atom. The van der Waals surface area contributed by atoms with Crippen molar-refractivity contribution in [3.8, 4) is 11.1 Å². The molecule has 8 nitrogen and oxygen atoms in total. The predicted molar refractivity (Wildman–Crippen MR) is 152 cm³/mol. The lowest BCUT2D eigenvalue weighted by Crippen LogP contribution is -2.44. The second kappa shape index (κ2) is 12.6. The highest BCUT2D eigenvalue weighted by Crippen LogP contribution is 2.23. The maximum Gasteiger partial charge on any atom is 0.269 e. The van der Waals surface area contributed by atoms with E-state index < -0.39 is 4.92 Å². The van der Waals surface area contributed by atoms with Gasteiger partial charge in [-0.1, -0.05) is 60.7 Å². The van der Waals surface area contributed by atoms with Crippen LogP contribution in [0.3, 0.4) is 0 Å². The number of nitrogens with two attached hydrogens (primary N) is 1. The summed E-state index contributed by atoms with van der Waals surface area (Å²) in [5.41, 5.74) is 10.3. The van der Waals surface area contributed by atoms with Gasteiger partial charge in [0.2, 0.25) is 0 Å². The maximum atomic E-state index is 13.3. The molecule has 0 aliphatic carbocycles. The summed E-state index contributed by atoms with van der Waals surface area (Å²) in [6.07, 6.45) is 1.03. The predicted octanol–water partition coefficient (Wildman–Crippen LogP) is 4.74. The number of hydrogen-bond donors (Lipinski definition) is 4. The molecule has 0 saturated carbocycles. The number of nitro groups is 1. The third kappa shape index (κ3) is 7.15. The van der Waals surface area contributed by atoms with Crippen LogP contribution in [0.1, 0.15) is 27.0 Å². The number of nitro benzene ring substituents is 1. The van der Waals surface area contributed by atoms with Crippen molar-refractivity contribution in [2.45, 2.75) is 18.9 Å². The van der Waals surface area contributed by atoms with E-state index in [4.69, 9.17) is 11.1 Å². The molecule has 2 unspecified atom stereocenters. The Balaban J connectivity index is 1.53. The average molecular weight is 523 g/mol. The number of nitrogens with one attached hydrogen (secondary N) is 2. The molecule has 0 fully saturated rings. The molecule has 0 bridgehead atoms. The molecule has 39 heavy (non-hydrogen) atoms. The topological polar surface area (TPSA) is 142 Å². The normalized spacial score (nSPS) is 12.3. The van der Waals surface area contributed by atoms with Crippen molar-refractivity contribution >= 4 is 17.4 Å². The minimum Gasteiger partial charge on any atom is -0.396 e. The molecule has 0 aliphatic rings. The number of non-ortho nitro benzene ring substituents is 1. The van der Waals surface area contributed by atoms with Gasteiger partial charge in [-0.2, -0.15) is 0 Å². The second-order valence-electron chi connectivity index (χ2n) is 9.41. The SMILES string of the molecule is N=C(N)c1cccc(CC(CO)C(Cc2ccccc2)NC(=O)c2ccc(-c3ccc([N+](=O)[O-])cc3)cc2)c1. The van der Waals surface area contributed by atoms with Crippen molar-refractivity contribution in [1.82, 2.24) is 5.32 Å². The average Bonchev–Trinajstić information content (AvgIpc) is 2.96. The van der Waals surface area contributed by atoms with Crippen LogP contribution in [0.5, 0.6) is 0 Å². The molecule has 0 saturated heterocycles. The quantitative estimate of drug-likeness (QED) is 0.0974. The van der Waals surface area contributed by atoms with Gasteiger partial charge in [-0.3, -0.25) is 20.3 Å². The van der Waals surface area contributed by atoms with E-state index in [0.717, 1.165) is 22.3 Å². The zero-order valence-electron chi connectivity index (χ0n) is 21.3. The van der Waals surface area contributed by atoms with E-state index >= 15 is 0 Å². The summed E-state index contributed by atoms with van der Waals surface area (Å²) in [5, 5.41) is 32.1. The van der Waals surface area contributed by atoms with Crippen LogP contribution in [0.2, 0.25) is 0 Å². The lowest BCUT2D eigenvalue weighted by molar-refractivity contribution is -0.384. The van der Waals surface area contributed by atoms with Gasteiger partial charge in [0.25, 0.3) is 11.6 Å². The largest absolute Gasteiger partial charge is 0.396 e. The van der Waals surface area contributed by atoms with Gasteiger partial charge in [-0.25, -0.2) is 0 Å². The van der Waals surface area contributed by atoms with E-state index in [9.17, 15) is 20.0 Å². The Hall–Kier alpha value is -4.82. The van der Waals surface area contributed by atoms with Crippen LogP contribution in [-0.2, 0) is 12.8 Å². The first-order valence-electron chi connectivity index (χ1n) is 12.6. The molecule has 0 aromatic heterocycles. The summed E-state index contributed by atoms with van der Waals surface area (Å²) in [6.45, 7) is -0.138. The Kier molecular flexibility index (Phi) is 8.81. The molecule has 8 heteroatoms. The minimum absolute atomic E-state index is 0.0191. The highest BCUT2D eigenvalue weighted by atomic mass is 16.6. The molecular weight excluding hydrogens is 492 g/mol. The van der Waals surface area contributed by atoms with E-state index in [1.165, 1.54) is 12.1 Å². The smallest absolute Gasteiger partial charge is 0.269 e. The summed E-state index contributed by atoms with van der Waals surface area (Å²) in [5.74, 6) is -0.568. The van der Waals surface area contributed by atoms with Gasteiger partial charge in [-0.05, 0) is 65.4 Å². The fraction of sp³-hybridized carbons (Fsp3) is 0.161. The number of rotatable bonds is 11. The standard InChI is InChI=1S/C31H30N4O4/c32-30(33)26-8-4-7-22(17-26)18-27(20-36)29(19-21-5-2-1-3-6-21)34-31(37)25-11-9-23(10-12-25)24-13-15-28(16-14-24)35(38)39/h1-17,27,29,36H,18-20H2,(H3,32,33)(H,34,37). The molecule has 4 rings (SSSR count). The van der Waals surface area contributed by atoms with Crippen molar-refractivity contribution in [3.63, 3.8) is 0 Å². The highest BCUT2D eigenvalue weighted by molar-refractivity contribution is 5.95. The van der Waals surface area contributed by atoms with E-state index in [2.05, 4.69) is 5.32 Å². The number of aliphatic hydroxyl groups is 1. The zero-order valence-corrected chi connectivity index (χ0v) is 21.3. The molecule has 4 aromatic rings. The van der Waals surface area contributed by atoms with Crippen molar-refractivity contribution in [2.24, 2.45) is 11.7 Å². The molecule has 198 valence electrons. The fourth-order valence-corrected chi connectivity index (χ4v) is 4.55. The third-order valence-electron chi connectivity index (χ3n) is 6.71. The first-order chi connectivity index (χ1) is 18.8. The number of nitrogens with zero attached hydrogens (tertiary/aromatic N) is 1. The first kappa shape index (κ1) is 27.2. The molecule has 0 aliphatic heterocycles. The van der Waals surface area contributed by atoms with Gasteiger partial charge in [-0.15, -0.1) is 0 Å². The Morgan fingerprint density at radius 1 is 0.846 bits per heavy atom. The number of carbonyl (C=O) groups is 1. The minimum atomic E-state index is -0.442. The zero-order chi connectivity index (χ0) is 27.8. The molecule has 0 heterocycles. The number of carbonyl (C=O) groups excluding carboxylic acids is 1. The highest BCUT2D eigenvalue weighted by Gasteiger charge is 2.24. The lowest BCUT2D eigenvalue weighted by atomic mass is 9.88. The van der Waals surface area contributed by atoms with Crippen molar-refractivity contribution < 1.29 is 14.8 Å². The molecule has 1 amide bonds. The molecule has 5 N–H and O–H groups in total. The van der Waals surface area contributed by atoms with Gasteiger partial charge in [0.15, 0.2) is 0 Å². The second-order valence-corrected chi connectivity index (χ2v) is 9.41. The van der Waals surface area contributed by atoms with Gasteiger partial charge in [0, 0.05) is 41.8 Å². The van der Waals surface area contributed by atoms with Crippen molar-refractivity contribution in [3.05, 3.63) is 135 Å². The first-order valence-corrected chi connectivity index (χ1v) is 12.6. The van der Waals surface area contributed by atoms with E-state index in [1.807, 2.05) is 48.5 Å². The van der Waals surface area contributed by atoms with Gasteiger partial charge >= 0.3 is 0 Å². The number of hydrogen-bond acceptors (Lipinski definition) is 5. The summed E-state index contributed by atoms with van der Waals surface area (Å²) in [6, 6.07) is 30.1. The van der Waals surface area contributed by atoms with Crippen LogP contribution in [-0.4, -0.2) is 34.4 Å². The van der Waals surface area contributed by atoms with E-state index in [-0.39, 0.29) is 36.0 Å². The number of aliphatic hydroxyl groups excluding tert-OH is 1. The van der Waals surface area contributed by atoms with E-state index in [0.29, 0.717) is 24.0 Å². The third-order valence-corrected chi connectivity index (χ3v) is 6.71. The van der Waals surface area contributed by atoms with Crippen LogP contribution < -0.4 is 11.1 Å². The number of benzene rings is 4. The summed E-state index contributed by atoms with van der Waals surface area (Å²) in [4.78, 5) is 23.8. The lowest BCUT2D eigenvalue weighted by Gasteiger charge is -2.27. The van der Waals surface area contributed by atoms with Crippen LogP contribution in [0.15, 0.2) is 103 Å². The van der Waals surface area contributed by atoms with Gasteiger partial charge in [0.1, 0.15) is 5.84 Å². The van der Waals surface area contributed by atoms with Gasteiger partial charge in [0.05, 0.1) is 4.92 Å². The van der Waals surface area contributed by atoms with Crippen LogP contribution >= 0.6 is 0 Å². The van der Waals surface area contributed by atoms with Crippen LogP contribution in [0, 0.1) is 21.4 Å². The summed E-state index contributed by atoms with van der Waals surface area (Å²) >= 11 is 0. The number of nitrogen functional groups attached to an aromatic ring is 1. The molecule has 2 atom stereocenters.